The van der Waals surface area contributed by atoms with Crippen molar-refractivity contribution in [3.8, 4) is 0 Å². The number of nitrogens with one attached hydrogen (secondary N) is 1. The van der Waals surface area contributed by atoms with Crippen molar-refractivity contribution in [2.75, 3.05) is 30.4 Å². The number of hydrogen-bond acceptors (Lipinski definition) is 3. The maximum atomic E-state index is 15.2. The lowest BCUT2D eigenvalue weighted by molar-refractivity contribution is -0.130. The van der Waals surface area contributed by atoms with E-state index >= 15 is 4.39 Å². The van der Waals surface area contributed by atoms with Gasteiger partial charge in [0.2, 0.25) is 11.8 Å². The smallest absolute Gasteiger partial charge is 0.236 e. The van der Waals surface area contributed by atoms with Crippen molar-refractivity contribution in [1.29, 1.82) is 0 Å². The lowest BCUT2D eigenvalue weighted by Crippen LogP contribution is -2.41. The summed E-state index contributed by atoms with van der Waals surface area (Å²) in [7, 11) is 1.77. The Bertz CT molecular complexity index is 1120. The van der Waals surface area contributed by atoms with E-state index in [9.17, 15) is 9.59 Å². The quantitative estimate of drug-likeness (QED) is 0.703. The standard InChI is InChI=1S/C25H29ClFN3O2/c1-6-20(31)30-12-11-25(14-30,21-18(27)10-7-15(2)22(21)26)28-16-8-9-17-19(13-16)29(5)23(32)24(17,3)4/h7-10,13,28H,6,11-12,14H2,1-5H3. The topological polar surface area (TPSA) is 52.7 Å². The normalized spacial score (nSPS) is 21.8. The lowest BCUT2D eigenvalue weighted by atomic mass is 9.85. The van der Waals surface area contributed by atoms with Crippen molar-refractivity contribution in [2.45, 2.75) is 51.5 Å². The molecule has 4 rings (SSSR count). The molecule has 5 nitrogen and oxygen atoms in total. The molecule has 2 aromatic carbocycles. The van der Waals surface area contributed by atoms with Gasteiger partial charge in [0.15, 0.2) is 0 Å². The molecule has 32 heavy (non-hydrogen) atoms. The van der Waals surface area contributed by atoms with Crippen LogP contribution in [0.1, 0.15) is 50.3 Å². The van der Waals surface area contributed by atoms with E-state index in [1.54, 1.807) is 22.9 Å². The molecule has 1 atom stereocenters. The molecule has 0 spiro atoms. The van der Waals surface area contributed by atoms with Crippen LogP contribution in [0.2, 0.25) is 5.02 Å². The first-order valence-corrected chi connectivity index (χ1v) is 11.3. The van der Waals surface area contributed by atoms with E-state index in [2.05, 4.69) is 5.32 Å². The van der Waals surface area contributed by atoms with Crippen molar-refractivity contribution in [2.24, 2.45) is 0 Å². The highest BCUT2D eigenvalue weighted by Crippen LogP contribution is 2.45. The Kier molecular flexibility index (Phi) is 5.48. The van der Waals surface area contributed by atoms with Gasteiger partial charge >= 0.3 is 0 Å². The summed E-state index contributed by atoms with van der Waals surface area (Å²) in [6.07, 6.45) is 0.914. The minimum Gasteiger partial charge on any atom is -0.373 e. The van der Waals surface area contributed by atoms with Gasteiger partial charge in [-0.3, -0.25) is 9.59 Å². The summed E-state index contributed by atoms with van der Waals surface area (Å²) in [6.45, 7) is 8.33. The maximum absolute atomic E-state index is 15.2. The number of fused-ring (bicyclic) bond motifs is 1. The number of carbonyl (C=O) groups is 2. The zero-order chi connectivity index (χ0) is 23.4. The highest BCUT2D eigenvalue weighted by Gasteiger charge is 2.46. The van der Waals surface area contributed by atoms with Crippen molar-refractivity contribution >= 4 is 34.8 Å². The highest BCUT2D eigenvalue weighted by atomic mass is 35.5. The zero-order valence-corrected chi connectivity index (χ0v) is 19.9. The third-order valence-corrected chi connectivity index (χ3v) is 7.43. The number of amides is 2. The molecule has 1 unspecified atom stereocenters. The number of aryl methyl sites for hydroxylation is 1. The minimum atomic E-state index is -0.872. The zero-order valence-electron chi connectivity index (χ0n) is 19.2. The van der Waals surface area contributed by atoms with E-state index in [0.29, 0.717) is 36.5 Å². The molecule has 2 aliphatic rings. The molecule has 1 saturated heterocycles. The van der Waals surface area contributed by atoms with E-state index in [1.165, 1.54) is 6.07 Å². The number of hydrogen-bond donors (Lipinski definition) is 1. The van der Waals surface area contributed by atoms with Crippen LogP contribution >= 0.6 is 11.6 Å². The van der Waals surface area contributed by atoms with E-state index in [-0.39, 0.29) is 11.8 Å². The van der Waals surface area contributed by atoms with Gasteiger partial charge in [0.05, 0.1) is 16.0 Å². The molecule has 170 valence electrons. The number of nitrogens with zero attached hydrogens (tertiary/aromatic N) is 2. The van der Waals surface area contributed by atoms with Crippen LogP contribution in [0.15, 0.2) is 30.3 Å². The Labute approximate surface area is 193 Å². The number of benzene rings is 2. The monoisotopic (exact) mass is 457 g/mol. The number of anilines is 2. The second kappa shape index (κ2) is 7.77. The van der Waals surface area contributed by atoms with E-state index in [0.717, 1.165) is 22.5 Å². The molecular weight excluding hydrogens is 429 g/mol. The average Bonchev–Trinajstić information content (AvgIpc) is 3.25. The average molecular weight is 458 g/mol. The van der Waals surface area contributed by atoms with E-state index in [1.807, 2.05) is 45.9 Å². The molecule has 7 heteroatoms. The van der Waals surface area contributed by atoms with Crippen LogP contribution in [-0.4, -0.2) is 36.9 Å². The third kappa shape index (κ3) is 3.36. The molecule has 2 heterocycles. The summed E-state index contributed by atoms with van der Waals surface area (Å²) in [5.74, 6) is -0.333. The summed E-state index contributed by atoms with van der Waals surface area (Å²) in [5.41, 5.74) is 2.24. The van der Waals surface area contributed by atoms with Crippen molar-refractivity contribution in [3.63, 3.8) is 0 Å². The van der Waals surface area contributed by atoms with Crippen LogP contribution < -0.4 is 10.2 Å². The molecule has 0 saturated carbocycles. The first-order chi connectivity index (χ1) is 15.0. The van der Waals surface area contributed by atoms with Crippen LogP contribution in [0.25, 0.3) is 0 Å². The Morgan fingerprint density at radius 1 is 1.25 bits per heavy atom. The summed E-state index contributed by atoms with van der Waals surface area (Å²) in [5, 5.41) is 3.90. The van der Waals surface area contributed by atoms with Crippen LogP contribution in [0.3, 0.4) is 0 Å². The van der Waals surface area contributed by atoms with Gasteiger partial charge in [-0.05, 0) is 56.5 Å². The Morgan fingerprint density at radius 2 is 1.97 bits per heavy atom. The van der Waals surface area contributed by atoms with Crippen molar-refractivity contribution in [3.05, 3.63) is 57.9 Å². The van der Waals surface area contributed by atoms with E-state index in [4.69, 9.17) is 11.6 Å². The van der Waals surface area contributed by atoms with Crippen molar-refractivity contribution < 1.29 is 14.0 Å². The molecule has 2 amide bonds. The summed E-state index contributed by atoms with van der Waals surface area (Å²) < 4.78 is 15.2. The second-order valence-electron chi connectivity index (χ2n) is 9.40. The van der Waals surface area contributed by atoms with Gasteiger partial charge in [0.25, 0.3) is 0 Å². The highest BCUT2D eigenvalue weighted by molar-refractivity contribution is 6.32. The largest absolute Gasteiger partial charge is 0.373 e. The van der Waals surface area contributed by atoms with Crippen LogP contribution in [0.4, 0.5) is 15.8 Å². The van der Waals surface area contributed by atoms with Gasteiger partial charge in [-0.1, -0.05) is 30.7 Å². The molecular formula is C25H29ClFN3O2. The van der Waals surface area contributed by atoms with Gasteiger partial charge in [-0.15, -0.1) is 0 Å². The van der Waals surface area contributed by atoms with Crippen LogP contribution in [-0.2, 0) is 20.5 Å². The Balaban J connectivity index is 1.80. The molecule has 0 aromatic heterocycles. The molecule has 1 fully saturated rings. The SMILES string of the molecule is CCC(=O)N1CCC(Nc2ccc3c(c2)N(C)C(=O)C3(C)C)(c2c(F)ccc(C)c2Cl)C1. The van der Waals surface area contributed by atoms with Gasteiger partial charge in [-0.2, -0.15) is 0 Å². The fourth-order valence-electron chi connectivity index (χ4n) is 5.05. The molecule has 0 bridgehead atoms. The Morgan fingerprint density at radius 3 is 2.66 bits per heavy atom. The van der Waals surface area contributed by atoms with Crippen molar-refractivity contribution in [1.82, 2.24) is 4.90 Å². The summed E-state index contributed by atoms with van der Waals surface area (Å²) >= 11 is 6.63. The van der Waals surface area contributed by atoms with Gasteiger partial charge < -0.3 is 15.1 Å². The Hall–Kier alpha value is -2.60. The maximum Gasteiger partial charge on any atom is 0.236 e. The molecule has 0 radical (unpaired) electrons. The van der Waals surface area contributed by atoms with Gasteiger partial charge in [0, 0.05) is 43.5 Å². The molecule has 0 aliphatic carbocycles. The third-order valence-electron chi connectivity index (χ3n) is 6.94. The lowest BCUT2D eigenvalue weighted by Gasteiger charge is -2.34. The predicted octanol–water partition coefficient (Wildman–Crippen LogP) is 4.99. The van der Waals surface area contributed by atoms with Gasteiger partial charge in [-0.25, -0.2) is 4.39 Å². The fourth-order valence-corrected chi connectivity index (χ4v) is 5.38. The fraction of sp³-hybridized carbons (Fsp3) is 0.440. The summed E-state index contributed by atoms with van der Waals surface area (Å²) in [4.78, 5) is 28.6. The molecule has 2 aliphatic heterocycles. The number of likely N-dealkylation sites (N-methyl/N-ethyl adjacent to an activating group) is 1. The second-order valence-corrected chi connectivity index (χ2v) is 9.78. The van der Waals surface area contributed by atoms with E-state index < -0.39 is 16.8 Å². The van der Waals surface area contributed by atoms with Gasteiger partial charge in [0.1, 0.15) is 5.82 Å². The number of halogens is 2. The number of carbonyl (C=O) groups excluding carboxylic acids is 2. The summed E-state index contributed by atoms with van der Waals surface area (Å²) in [6, 6.07) is 8.89. The molecule has 2 aromatic rings. The number of likely N-dealkylation sites (tertiary alicyclic amines) is 1. The molecule has 1 N–H and O–H groups in total. The minimum absolute atomic E-state index is 0.0268. The predicted molar refractivity (Wildman–Crippen MR) is 126 cm³/mol. The van der Waals surface area contributed by atoms with Crippen LogP contribution in [0.5, 0.6) is 0 Å². The first-order valence-electron chi connectivity index (χ1n) is 11.0. The number of rotatable bonds is 4. The first kappa shape index (κ1) is 22.6. The van der Waals surface area contributed by atoms with Crippen LogP contribution in [0, 0.1) is 12.7 Å².